The second kappa shape index (κ2) is 10.0. The number of nitrogens with one attached hydrogen (secondary N) is 1. The average molecular weight is 475 g/mol. The van der Waals surface area contributed by atoms with Crippen LogP contribution in [0.25, 0.3) is 16.9 Å². The van der Waals surface area contributed by atoms with Gasteiger partial charge in [0.25, 0.3) is 0 Å². The third-order valence-corrected chi connectivity index (χ3v) is 7.33. The van der Waals surface area contributed by atoms with Gasteiger partial charge in [-0.2, -0.15) is 4.31 Å². The Hall–Kier alpha value is -3.75. The minimum Gasteiger partial charge on any atom is -0.294 e. The van der Waals surface area contributed by atoms with Crippen LogP contribution in [-0.2, 0) is 14.8 Å². The van der Waals surface area contributed by atoms with Crippen LogP contribution >= 0.6 is 0 Å². The van der Waals surface area contributed by atoms with Gasteiger partial charge in [0.15, 0.2) is 0 Å². The van der Waals surface area contributed by atoms with Gasteiger partial charge in [-0.1, -0.05) is 73.2 Å². The summed E-state index contributed by atoms with van der Waals surface area (Å²) in [6.07, 6.45) is 1.85. The molecule has 4 rings (SSSR count). The van der Waals surface area contributed by atoms with Gasteiger partial charge in [-0.05, 0) is 31.2 Å². The Morgan fingerprint density at radius 1 is 0.941 bits per heavy atom. The number of likely N-dealkylation sites (N-methyl/N-ethyl adjacent to an activating group) is 1. The molecular formula is C26H26N4O3S. The highest BCUT2D eigenvalue weighted by molar-refractivity contribution is 7.89. The Kier molecular flexibility index (Phi) is 6.90. The Balaban J connectivity index is 1.60. The molecule has 0 saturated heterocycles. The Morgan fingerprint density at radius 2 is 1.56 bits per heavy atom. The van der Waals surface area contributed by atoms with Gasteiger partial charge in [-0.25, -0.2) is 13.4 Å². The van der Waals surface area contributed by atoms with Crippen molar-refractivity contribution in [1.82, 2.24) is 13.9 Å². The zero-order valence-electron chi connectivity index (χ0n) is 19.0. The van der Waals surface area contributed by atoms with Crippen molar-refractivity contribution < 1.29 is 13.2 Å². The summed E-state index contributed by atoms with van der Waals surface area (Å²) in [6.45, 7) is 3.43. The minimum atomic E-state index is -3.81. The van der Waals surface area contributed by atoms with Crippen LogP contribution in [0.2, 0.25) is 0 Å². The zero-order chi connectivity index (χ0) is 24.1. The van der Waals surface area contributed by atoms with Crippen molar-refractivity contribution in [2.45, 2.75) is 18.7 Å². The summed E-state index contributed by atoms with van der Waals surface area (Å²) in [5.41, 5.74) is 3.39. The molecule has 7 nitrogen and oxygen atoms in total. The number of carbonyl (C=O) groups is 1. The number of carbonyl (C=O) groups excluding carboxylic acids is 1. The molecule has 8 heteroatoms. The van der Waals surface area contributed by atoms with E-state index in [0.717, 1.165) is 21.1 Å². The van der Waals surface area contributed by atoms with E-state index < -0.39 is 15.9 Å². The maximum absolute atomic E-state index is 13.1. The first-order valence-corrected chi connectivity index (χ1v) is 12.4. The second-order valence-electron chi connectivity index (χ2n) is 7.81. The van der Waals surface area contributed by atoms with E-state index in [-0.39, 0.29) is 18.0 Å². The van der Waals surface area contributed by atoms with Gasteiger partial charge in [0.05, 0.1) is 17.1 Å². The van der Waals surface area contributed by atoms with Crippen molar-refractivity contribution in [2.75, 3.05) is 18.4 Å². The molecule has 0 unspecified atom stereocenters. The third kappa shape index (κ3) is 5.08. The largest absolute Gasteiger partial charge is 0.294 e. The van der Waals surface area contributed by atoms with E-state index in [0.29, 0.717) is 11.6 Å². The predicted octanol–water partition coefficient (Wildman–Crippen LogP) is 4.50. The summed E-state index contributed by atoms with van der Waals surface area (Å²) in [6, 6.07) is 25.8. The van der Waals surface area contributed by atoms with Gasteiger partial charge in [0, 0.05) is 24.0 Å². The molecule has 0 bridgehead atoms. The first-order valence-electron chi connectivity index (χ1n) is 11.0. The fourth-order valence-electron chi connectivity index (χ4n) is 3.55. The van der Waals surface area contributed by atoms with Gasteiger partial charge >= 0.3 is 0 Å². The fraction of sp³-hybridized carbons (Fsp3) is 0.154. The van der Waals surface area contributed by atoms with Gasteiger partial charge in [-0.3, -0.25) is 14.7 Å². The van der Waals surface area contributed by atoms with Crippen LogP contribution in [0.3, 0.4) is 0 Å². The summed E-state index contributed by atoms with van der Waals surface area (Å²) in [7, 11) is -3.81. The molecule has 0 saturated carbocycles. The normalized spacial score (nSPS) is 11.5. The molecule has 1 amide bonds. The van der Waals surface area contributed by atoms with E-state index >= 15 is 0 Å². The van der Waals surface area contributed by atoms with E-state index in [4.69, 9.17) is 0 Å². The molecule has 3 aromatic carbocycles. The van der Waals surface area contributed by atoms with E-state index in [1.165, 1.54) is 0 Å². The van der Waals surface area contributed by atoms with Gasteiger partial charge < -0.3 is 0 Å². The lowest BCUT2D eigenvalue weighted by Crippen LogP contribution is -2.38. The van der Waals surface area contributed by atoms with Crippen LogP contribution in [-0.4, -0.2) is 41.3 Å². The van der Waals surface area contributed by atoms with E-state index in [2.05, 4.69) is 10.3 Å². The molecule has 0 aliphatic rings. The number of aryl methyl sites for hydroxylation is 1. The van der Waals surface area contributed by atoms with Gasteiger partial charge in [0.1, 0.15) is 0 Å². The maximum atomic E-state index is 13.1. The number of hydrogen-bond donors (Lipinski definition) is 1. The Bertz CT molecular complexity index is 1370. The van der Waals surface area contributed by atoms with Crippen LogP contribution in [0.1, 0.15) is 12.5 Å². The van der Waals surface area contributed by atoms with Crippen molar-refractivity contribution >= 4 is 21.9 Å². The summed E-state index contributed by atoms with van der Waals surface area (Å²) in [5.74, 6) is -0.154. The highest BCUT2D eigenvalue weighted by atomic mass is 32.2. The summed E-state index contributed by atoms with van der Waals surface area (Å²) >= 11 is 0. The Labute approximate surface area is 199 Å². The molecule has 0 aliphatic carbocycles. The fourth-order valence-corrected chi connectivity index (χ4v) is 4.96. The third-order valence-electron chi connectivity index (χ3n) is 5.39. The maximum Gasteiger partial charge on any atom is 0.243 e. The number of aromatic nitrogens is 2. The molecule has 0 aliphatic heterocycles. The lowest BCUT2D eigenvalue weighted by Gasteiger charge is -2.20. The molecule has 0 spiro atoms. The molecule has 4 aromatic rings. The first kappa shape index (κ1) is 23.4. The Morgan fingerprint density at radius 3 is 2.18 bits per heavy atom. The topological polar surface area (TPSA) is 84.3 Å². The quantitative estimate of drug-likeness (QED) is 0.408. The van der Waals surface area contributed by atoms with Crippen LogP contribution in [0.4, 0.5) is 5.95 Å². The molecule has 1 heterocycles. The van der Waals surface area contributed by atoms with E-state index in [1.807, 2.05) is 73.8 Å². The number of sulfonamides is 1. The summed E-state index contributed by atoms with van der Waals surface area (Å²) < 4.78 is 29.1. The minimum absolute atomic E-state index is 0.157. The molecule has 1 N–H and O–H groups in total. The molecule has 0 radical (unpaired) electrons. The average Bonchev–Trinajstić information content (AvgIpc) is 3.27. The highest BCUT2D eigenvalue weighted by Gasteiger charge is 2.26. The summed E-state index contributed by atoms with van der Waals surface area (Å²) in [5, 5.41) is 2.80. The number of hydrogen-bond acceptors (Lipinski definition) is 4. The van der Waals surface area contributed by atoms with Gasteiger partial charge in [-0.15, -0.1) is 0 Å². The molecular weight excluding hydrogens is 448 g/mol. The molecule has 0 fully saturated rings. The monoisotopic (exact) mass is 474 g/mol. The smallest absolute Gasteiger partial charge is 0.243 e. The molecule has 1 aromatic heterocycles. The van der Waals surface area contributed by atoms with Gasteiger partial charge in [0.2, 0.25) is 21.9 Å². The van der Waals surface area contributed by atoms with Crippen molar-refractivity contribution in [3.05, 3.63) is 96.7 Å². The second-order valence-corrected chi connectivity index (χ2v) is 9.75. The highest BCUT2D eigenvalue weighted by Crippen LogP contribution is 2.24. The standard InChI is InChI=1S/C26H26N4O3S/c1-3-29(34(32,33)23-16-14-20(2)15-17-23)19-25(31)28-26-27-24(21-10-6-4-7-11-21)18-30(26)22-12-8-5-9-13-22/h4-18H,3,19H2,1-2H3,(H,27,28,31). The molecule has 0 atom stereocenters. The van der Waals surface area contributed by atoms with Crippen LogP contribution in [0.15, 0.2) is 96.0 Å². The zero-order valence-corrected chi connectivity index (χ0v) is 19.9. The van der Waals surface area contributed by atoms with Crippen molar-refractivity contribution in [3.63, 3.8) is 0 Å². The molecule has 174 valence electrons. The predicted molar refractivity (Wildman–Crippen MR) is 133 cm³/mol. The number of rotatable bonds is 8. The first-order chi connectivity index (χ1) is 16.4. The number of imidazole rings is 1. The summed E-state index contributed by atoms with van der Waals surface area (Å²) in [4.78, 5) is 17.8. The van der Waals surface area contributed by atoms with E-state index in [9.17, 15) is 13.2 Å². The molecule has 34 heavy (non-hydrogen) atoms. The lowest BCUT2D eigenvalue weighted by atomic mass is 10.2. The van der Waals surface area contributed by atoms with Crippen LogP contribution < -0.4 is 5.32 Å². The number of para-hydroxylation sites is 1. The number of nitrogens with zero attached hydrogens (tertiary/aromatic N) is 3. The van der Waals surface area contributed by atoms with Crippen molar-refractivity contribution in [1.29, 1.82) is 0 Å². The lowest BCUT2D eigenvalue weighted by molar-refractivity contribution is -0.116. The number of benzene rings is 3. The SMILES string of the molecule is CCN(CC(=O)Nc1nc(-c2ccccc2)cn1-c1ccccc1)S(=O)(=O)c1ccc(C)cc1. The van der Waals surface area contributed by atoms with Crippen molar-refractivity contribution in [3.8, 4) is 16.9 Å². The number of anilines is 1. The number of amides is 1. The van der Waals surface area contributed by atoms with Crippen molar-refractivity contribution in [2.24, 2.45) is 0 Å². The van der Waals surface area contributed by atoms with Crippen LogP contribution in [0.5, 0.6) is 0 Å². The van der Waals surface area contributed by atoms with E-state index in [1.54, 1.807) is 35.8 Å². The van der Waals surface area contributed by atoms with Crippen LogP contribution in [0, 0.1) is 6.92 Å².